The number of ether oxygens (including phenoxy) is 1. The van der Waals surface area contributed by atoms with Crippen molar-refractivity contribution >= 4 is 21.6 Å². The molecule has 2 nitrogen and oxygen atoms in total. The average molecular weight is 366 g/mol. The van der Waals surface area contributed by atoms with Crippen LogP contribution in [-0.4, -0.2) is 12.4 Å². The van der Waals surface area contributed by atoms with Crippen molar-refractivity contribution in [3.8, 4) is 5.75 Å². The normalized spacial score (nSPS) is 26.5. The van der Waals surface area contributed by atoms with Gasteiger partial charge in [0.2, 0.25) is 0 Å². The van der Waals surface area contributed by atoms with E-state index in [1.54, 1.807) is 12.1 Å². The molecule has 118 valence electrons. The van der Waals surface area contributed by atoms with E-state index in [0.717, 1.165) is 12.1 Å². The first kappa shape index (κ1) is 16.5. The van der Waals surface area contributed by atoms with E-state index in [9.17, 15) is 13.2 Å². The lowest BCUT2D eigenvalue weighted by atomic mass is 9.80. The molecule has 1 saturated carbocycles. The van der Waals surface area contributed by atoms with E-state index >= 15 is 0 Å². The number of halogens is 4. The maximum Gasteiger partial charge on any atom is 0.573 e. The topological polar surface area (TPSA) is 21.3 Å². The molecular weight excluding hydrogens is 347 g/mol. The number of anilines is 1. The molecule has 1 aromatic carbocycles. The molecule has 3 unspecified atom stereocenters. The number of hydrogen-bond donors (Lipinski definition) is 1. The fourth-order valence-corrected chi connectivity index (χ4v) is 3.21. The highest BCUT2D eigenvalue weighted by Crippen LogP contribution is 2.35. The van der Waals surface area contributed by atoms with E-state index in [-0.39, 0.29) is 5.75 Å². The van der Waals surface area contributed by atoms with Gasteiger partial charge in [-0.15, -0.1) is 13.2 Å². The molecule has 1 aromatic rings. The van der Waals surface area contributed by atoms with Gasteiger partial charge in [0.25, 0.3) is 0 Å². The molecule has 0 spiro atoms. The van der Waals surface area contributed by atoms with Crippen LogP contribution < -0.4 is 10.1 Å². The molecule has 1 aliphatic rings. The Morgan fingerprint density at radius 1 is 1.24 bits per heavy atom. The highest BCUT2D eigenvalue weighted by atomic mass is 79.9. The number of nitrogens with one attached hydrogen (secondary N) is 1. The SMILES string of the molecule is CC1CCC(C)C(Nc2ccc(OC(F)(F)F)c(Br)c2)C1. The first-order valence-electron chi connectivity index (χ1n) is 7.06. The molecule has 6 heteroatoms. The molecule has 2 rings (SSSR count). The Hall–Kier alpha value is -0.910. The smallest absolute Gasteiger partial charge is 0.405 e. The van der Waals surface area contributed by atoms with Gasteiger partial charge in [0.15, 0.2) is 0 Å². The van der Waals surface area contributed by atoms with Crippen LogP contribution in [0.25, 0.3) is 0 Å². The van der Waals surface area contributed by atoms with Crippen LogP contribution in [0.5, 0.6) is 5.75 Å². The van der Waals surface area contributed by atoms with Crippen LogP contribution in [0.3, 0.4) is 0 Å². The lowest BCUT2D eigenvalue weighted by Gasteiger charge is -2.34. The maximum atomic E-state index is 12.2. The average Bonchev–Trinajstić information content (AvgIpc) is 2.36. The molecular formula is C15H19BrF3NO. The summed E-state index contributed by atoms with van der Waals surface area (Å²) in [6.45, 7) is 4.44. The Morgan fingerprint density at radius 3 is 2.57 bits per heavy atom. The Morgan fingerprint density at radius 2 is 1.95 bits per heavy atom. The summed E-state index contributed by atoms with van der Waals surface area (Å²) in [5.41, 5.74) is 0.808. The third-order valence-corrected chi connectivity index (χ3v) is 4.59. The van der Waals surface area contributed by atoms with E-state index in [0.29, 0.717) is 22.4 Å². The number of benzene rings is 1. The van der Waals surface area contributed by atoms with Crippen LogP contribution in [0.2, 0.25) is 0 Å². The zero-order chi connectivity index (χ0) is 15.6. The highest BCUT2D eigenvalue weighted by molar-refractivity contribution is 9.10. The van der Waals surface area contributed by atoms with Crippen LogP contribution in [0.4, 0.5) is 18.9 Å². The first-order valence-corrected chi connectivity index (χ1v) is 7.85. The van der Waals surface area contributed by atoms with Crippen molar-refractivity contribution in [3.05, 3.63) is 22.7 Å². The number of rotatable bonds is 3. The summed E-state index contributed by atoms with van der Waals surface area (Å²) in [6, 6.07) is 4.94. The number of hydrogen-bond acceptors (Lipinski definition) is 2. The molecule has 3 atom stereocenters. The molecule has 0 aromatic heterocycles. The van der Waals surface area contributed by atoms with Gasteiger partial charge in [0.1, 0.15) is 5.75 Å². The van der Waals surface area contributed by atoms with Gasteiger partial charge in [-0.1, -0.05) is 20.3 Å². The van der Waals surface area contributed by atoms with Gasteiger partial charge >= 0.3 is 6.36 Å². The predicted octanol–water partition coefficient (Wildman–Crippen LogP) is 5.58. The van der Waals surface area contributed by atoms with Crippen LogP contribution in [0.15, 0.2) is 22.7 Å². The van der Waals surface area contributed by atoms with E-state index in [1.807, 2.05) is 0 Å². The summed E-state index contributed by atoms with van der Waals surface area (Å²) in [5, 5.41) is 3.43. The van der Waals surface area contributed by atoms with Crippen molar-refractivity contribution in [1.29, 1.82) is 0 Å². The highest BCUT2D eigenvalue weighted by Gasteiger charge is 2.32. The van der Waals surface area contributed by atoms with E-state index in [1.165, 1.54) is 18.9 Å². The molecule has 21 heavy (non-hydrogen) atoms. The van der Waals surface area contributed by atoms with E-state index in [2.05, 4.69) is 39.8 Å². The number of alkyl halides is 3. The van der Waals surface area contributed by atoms with Gasteiger partial charge in [-0.05, 0) is 58.8 Å². The molecule has 0 saturated heterocycles. The Labute approximate surface area is 131 Å². The molecule has 0 bridgehead atoms. The standard InChI is InChI=1S/C15H19BrF3NO/c1-9-3-4-10(2)13(7-9)20-11-5-6-14(12(16)8-11)21-15(17,18)19/h5-6,8-10,13,20H,3-4,7H2,1-2H3. The quantitative estimate of drug-likeness (QED) is 0.754. The van der Waals surface area contributed by atoms with E-state index < -0.39 is 6.36 Å². The molecule has 1 N–H and O–H groups in total. The second-order valence-corrected chi connectivity index (χ2v) is 6.69. The maximum absolute atomic E-state index is 12.2. The van der Waals surface area contributed by atoms with Crippen molar-refractivity contribution in [1.82, 2.24) is 0 Å². The van der Waals surface area contributed by atoms with Gasteiger partial charge in [-0.3, -0.25) is 0 Å². The molecule has 0 aliphatic heterocycles. The van der Waals surface area contributed by atoms with Gasteiger partial charge in [-0.25, -0.2) is 0 Å². The van der Waals surface area contributed by atoms with Crippen molar-refractivity contribution in [2.75, 3.05) is 5.32 Å². The predicted molar refractivity (Wildman–Crippen MR) is 80.4 cm³/mol. The molecule has 0 amide bonds. The van der Waals surface area contributed by atoms with Crippen LogP contribution in [-0.2, 0) is 0 Å². The minimum Gasteiger partial charge on any atom is -0.405 e. The van der Waals surface area contributed by atoms with E-state index in [4.69, 9.17) is 0 Å². The minimum atomic E-state index is -4.68. The van der Waals surface area contributed by atoms with Crippen molar-refractivity contribution < 1.29 is 17.9 Å². The third kappa shape index (κ3) is 4.80. The van der Waals surface area contributed by atoms with Gasteiger partial charge < -0.3 is 10.1 Å². The second kappa shape index (κ2) is 6.46. The third-order valence-electron chi connectivity index (χ3n) is 3.97. The van der Waals surface area contributed by atoms with Crippen molar-refractivity contribution in [3.63, 3.8) is 0 Å². The monoisotopic (exact) mass is 365 g/mol. The van der Waals surface area contributed by atoms with Gasteiger partial charge in [0.05, 0.1) is 4.47 Å². The lowest BCUT2D eigenvalue weighted by molar-refractivity contribution is -0.274. The fraction of sp³-hybridized carbons (Fsp3) is 0.600. The molecule has 1 fully saturated rings. The van der Waals surface area contributed by atoms with Gasteiger partial charge in [0, 0.05) is 11.7 Å². The Balaban J connectivity index is 2.06. The lowest BCUT2D eigenvalue weighted by Crippen LogP contribution is -2.33. The first-order chi connectivity index (χ1) is 9.74. The largest absolute Gasteiger partial charge is 0.573 e. The van der Waals surface area contributed by atoms with Crippen LogP contribution in [0.1, 0.15) is 33.1 Å². The zero-order valence-corrected chi connectivity index (χ0v) is 13.6. The Bertz CT molecular complexity index is 492. The zero-order valence-electron chi connectivity index (χ0n) is 12.0. The van der Waals surface area contributed by atoms with Crippen LogP contribution in [0, 0.1) is 11.8 Å². The summed E-state index contributed by atoms with van der Waals surface area (Å²) in [6.07, 6.45) is -1.18. The van der Waals surface area contributed by atoms with Crippen molar-refractivity contribution in [2.24, 2.45) is 11.8 Å². The Kier molecular flexibility index (Phi) is 5.07. The summed E-state index contributed by atoms with van der Waals surface area (Å²) in [5.74, 6) is 1.01. The van der Waals surface area contributed by atoms with Crippen molar-refractivity contribution in [2.45, 2.75) is 45.5 Å². The van der Waals surface area contributed by atoms with Crippen LogP contribution >= 0.6 is 15.9 Å². The summed E-state index contributed by atoms with van der Waals surface area (Å²) in [4.78, 5) is 0. The molecule has 1 aliphatic carbocycles. The molecule has 0 radical (unpaired) electrons. The van der Waals surface area contributed by atoms with Gasteiger partial charge in [-0.2, -0.15) is 0 Å². The second-order valence-electron chi connectivity index (χ2n) is 5.84. The summed E-state index contributed by atoms with van der Waals surface area (Å²) < 4.78 is 40.9. The summed E-state index contributed by atoms with van der Waals surface area (Å²) >= 11 is 3.13. The fourth-order valence-electron chi connectivity index (χ4n) is 2.75. The summed E-state index contributed by atoms with van der Waals surface area (Å²) in [7, 11) is 0. The minimum absolute atomic E-state index is 0.224. The molecule has 0 heterocycles.